The minimum absolute atomic E-state index is 0.372. The minimum atomic E-state index is -0.372. The first-order chi connectivity index (χ1) is 11.7. The highest BCUT2D eigenvalue weighted by atomic mass is 16.5. The fourth-order valence-electron chi connectivity index (χ4n) is 2.36. The molecule has 0 bridgehead atoms. The molecule has 3 rings (SSSR count). The van der Waals surface area contributed by atoms with Gasteiger partial charge in [0.1, 0.15) is 11.5 Å². The molecule has 24 heavy (non-hydrogen) atoms. The number of hydrogen-bond donors (Lipinski definition) is 2. The number of benzene rings is 2. The van der Waals surface area contributed by atoms with Crippen LogP contribution in [0.1, 0.15) is 0 Å². The molecule has 0 aliphatic carbocycles. The van der Waals surface area contributed by atoms with Crippen molar-refractivity contribution in [3.63, 3.8) is 0 Å². The van der Waals surface area contributed by atoms with Crippen molar-refractivity contribution < 1.29 is 14.3 Å². The van der Waals surface area contributed by atoms with E-state index < -0.39 is 0 Å². The van der Waals surface area contributed by atoms with E-state index in [4.69, 9.17) is 9.47 Å². The molecule has 0 aliphatic rings. The van der Waals surface area contributed by atoms with Gasteiger partial charge in [-0.25, -0.2) is 4.79 Å². The number of carbonyl (C=O) groups is 1. The summed E-state index contributed by atoms with van der Waals surface area (Å²) in [4.78, 5) is 16.6. The third-order valence-electron chi connectivity index (χ3n) is 3.49. The maximum atomic E-state index is 12.3. The number of carbonyl (C=O) groups excluding carboxylic acids is 1. The van der Waals surface area contributed by atoms with Gasteiger partial charge in [-0.05, 0) is 24.3 Å². The van der Waals surface area contributed by atoms with Crippen LogP contribution in [0.5, 0.6) is 11.5 Å². The van der Waals surface area contributed by atoms with Crippen molar-refractivity contribution >= 4 is 28.3 Å². The fourth-order valence-corrected chi connectivity index (χ4v) is 2.36. The molecule has 0 atom stereocenters. The third kappa shape index (κ3) is 3.38. The first-order valence-corrected chi connectivity index (χ1v) is 7.34. The van der Waals surface area contributed by atoms with E-state index in [1.165, 1.54) is 0 Å². The van der Waals surface area contributed by atoms with Gasteiger partial charge in [-0.1, -0.05) is 12.1 Å². The second kappa shape index (κ2) is 6.87. The van der Waals surface area contributed by atoms with Crippen molar-refractivity contribution in [3.05, 3.63) is 54.7 Å². The minimum Gasteiger partial charge on any atom is -0.497 e. The number of nitrogens with one attached hydrogen (secondary N) is 2. The standard InChI is InChI=1S/C18H17N3O3/c1-23-14-7-3-6-13(10-14)20-18(22)21-16-11-15(24-2)9-12-5-4-8-19-17(12)16/h3-11H,1-2H3,(H2,20,21,22). The molecule has 0 saturated carbocycles. The van der Waals surface area contributed by atoms with Gasteiger partial charge in [0.2, 0.25) is 0 Å². The Hall–Kier alpha value is -3.28. The Balaban J connectivity index is 1.84. The van der Waals surface area contributed by atoms with Crippen molar-refractivity contribution in [2.24, 2.45) is 0 Å². The van der Waals surface area contributed by atoms with Crippen LogP contribution in [0, 0.1) is 0 Å². The lowest BCUT2D eigenvalue weighted by atomic mass is 10.2. The Morgan fingerprint density at radius 3 is 2.58 bits per heavy atom. The first-order valence-electron chi connectivity index (χ1n) is 7.34. The summed E-state index contributed by atoms with van der Waals surface area (Å²) in [5, 5.41) is 6.46. The zero-order chi connectivity index (χ0) is 16.9. The average Bonchev–Trinajstić information content (AvgIpc) is 2.61. The summed E-state index contributed by atoms with van der Waals surface area (Å²) in [6, 6.07) is 14.1. The summed E-state index contributed by atoms with van der Waals surface area (Å²) < 4.78 is 10.4. The normalized spacial score (nSPS) is 10.2. The van der Waals surface area contributed by atoms with Gasteiger partial charge < -0.3 is 20.1 Å². The number of methoxy groups -OCH3 is 2. The molecule has 0 fully saturated rings. The summed E-state index contributed by atoms with van der Waals surface area (Å²) in [5.74, 6) is 1.31. The number of amides is 2. The summed E-state index contributed by atoms with van der Waals surface area (Å²) in [5.41, 5.74) is 1.90. The predicted molar refractivity (Wildman–Crippen MR) is 93.9 cm³/mol. The van der Waals surface area contributed by atoms with Crippen LogP contribution < -0.4 is 20.1 Å². The summed E-state index contributed by atoms with van der Waals surface area (Å²) in [6.45, 7) is 0. The highest BCUT2D eigenvalue weighted by molar-refractivity contribution is 6.05. The summed E-state index contributed by atoms with van der Waals surface area (Å²) in [6.07, 6.45) is 1.68. The van der Waals surface area contributed by atoms with E-state index in [1.54, 1.807) is 44.7 Å². The maximum Gasteiger partial charge on any atom is 0.323 e. The molecule has 2 aromatic carbocycles. The first kappa shape index (κ1) is 15.6. The Bertz CT molecular complexity index is 880. The van der Waals surface area contributed by atoms with Gasteiger partial charge in [-0.2, -0.15) is 0 Å². The number of pyridine rings is 1. The van der Waals surface area contributed by atoms with E-state index in [0.717, 1.165) is 5.39 Å². The fraction of sp³-hybridized carbons (Fsp3) is 0.111. The van der Waals surface area contributed by atoms with E-state index in [9.17, 15) is 4.79 Å². The molecule has 0 unspecified atom stereocenters. The van der Waals surface area contributed by atoms with Gasteiger partial charge >= 0.3 is 6.03 Å². The van der Waals surface area contributed by atoms with Gasteiger partial charge in [0.25, 0.3) is 0 Å². The van der Waals surface area contributed by atoms with Crippen molar-refractivity contribution in [1.82, 2.24) is 4.98 Å². The number of anilines is 2. The van der Waals surface area contributed by atoms with Gasteiger partial charge in [-0.15, -0.1) is 0 Å². The van der Waals surface area contributed by atoms with Crippen LogP contribution in [-0.2, 0) is 0 Å². The number of aromatic nitrogens is 1. The highest BCUT2D eigenvalue weighted by Gasteiger charge is 2.10. The molecule has 2 N–H and O–H groups in total. The molecule has 122 valence electrons. The van der Waals surface area contributed by atoms with Gasteiger partial charge in [0, 0.05) is 29.4 Å². The molecule has 0 saturated heterocycles. The molecular formula is C18H17N3O3. The van der Waals surface area contributed by atoms with E-state index in [1.807, 2.05) is 24.3 Å². The largest absolute Gasteiger partial charge is 0.497 e. The smallest absolute Gasteiger partial charge is 0.323 e. The zero-order valence-electron chi connectivity index (χ0n) is 13.4. The van der Waals surface area contributed by atoms with Crippen LogP contribution >= 0.6 is 0 Å². The lowest BCUT2D eigenvalue weighted by molar-refractivity contribution is 0.262. The second-order valence-corrected chi connectivity index (χ2v) is 5.06. The monoisotopic (exact) mass is 323 g/mol. The lowest BCUT2D eigenvalue weighted by Gasteiger charge is -2.12. The summed E-state index contributed by atoms with van der Waals surface area (Å²) >= 11 is 0. The Morgan fingerprint density at radius 1 is 0.958 bits per heavy atom. The number of hydrogen-bond acceptors (Lipinski definition) is 4. The van der Waals surface area contributed by atoms with Crippen LogP contribution in [-0.4, -0.2) is 25.2 Å². The SMILES string of the molecule is COc1cccc(NC(=O)Nc2cc(OC)cc3cccnc23)c1. The van der Waals surface area contributed by atoms with Gasteiger partial charge in [-0.3, -0.25) is 4.98 Å². The maximum absolute atomic E-state index is 12.3. The van der Waals surface area contributed by atoms with E-state index >= 15 is 0 Å². The molecule has 3 aromatic rings. The quantitative estimate of drug-likeness (QED) is 0.764. The highest BCUT2D eigenvalue weighted by Crippen LogP contribution is 2.28. The van der Waals surface area contributed by atoms with Gasteiger partial charge in [0.15, 0.2) is 0 Å². The molecule has 6 nitrogen and oxygen atoms in total. The summed E-state index contributed by atoms with van der Waals surface area (Å²) in [7, 11) is 3.16. The van der Waals surface area contributed by atoms with E-state index in [-0.39, 0.29) is 6.03 Å². The van der Waals surface area contributed by atoms with Crippen LogP contribution in [0.15, 0.2) is 54.7 Å². The number of ether oxygens (including phenoxy) is 2. The molecular weight excluding hydrogens is 306 g/mol. The number of fused-ring (bicyclic) bond motifs is 1. The number of nitrogens with zero attached hydrogens (tertiary/aromatic N) is 1. The average molecular weight is 323 g/mol. The van der Waals surface area contributed by atoms with Crippen LogP contribution in [0.2, 0.25) is 0 Å². The second-order valence-electron chi connectivity index (χ2n) is 5.06. The topological polar surface area (TPSA) is 72.5 Å². The van der Waals surface area contributed by atoms with E-state index in [2.05, 4.69) is 15.6 Å². The lowest BCUT2D eigenvalue weighted by Crippen LogP contribution is -2.19. The Kier molecular flexibility index (Phi) is 4.47. The van der Waals surface area contributed by atoms with Crippen molar-refractivity contribution in [2.75, 3.05) is 24.9 Å². The molecule has 1 heterocycles. The zero-order valence-corrected chi connectivity index (χ0v) is 13.4. The van der Waals surface area contributed by atoms with Crippen molar-refractivity contribution in [3.8, 4) is 11.5 Å². The third-order valence-corrected chi connectivity index (χ3v) is 3.49. The number of rotatable bonds is 4. The van der Waals surface area contributed by atoms with E-state index in [0.29, 0.717) is 28.4 Å². The van der Waals surface area contributed by atoms with Crippen LogP contribution in [0.3, 0.4) is 0 Å². The molecule has 2 amide bonds. The van der Waals surface area contributed by atoms with Crippen molar-refractivity contribution in [2.45, 2.75) is 0 Å². The molecule has 6 heteroatoms. The molecule has 0 spiro atoms. The molecule has 1 aromatic heterocycles. The predicted octanol–water partition coefficient (Wildman–Crippen LogP) is 3.90. The van der Waals surface area contributed by atoms with Crippen molar-refractivity contribution in [1.29, 1.82) is 0 Å². The molecule has 0 aliphatic heterocycles. The van der Waals surface area contributed by atoms with Crippen LogP contribution in [0.25, 0.3) is 10.9 Å². The Labute approximate surface area is 139 Å². The van der Waals surface area contributed by atoms with Gasteiger partial charge in [0.05, 0.1) is 25.4 Å². The Morgan fingerprint density at radius 2 is 1.79 bits per heavy atom. The van der Waals surface area contributed by atoms with Crippen LogP contribution in [0.4, 0.5) is 16.2 Å². The number of urea groups is 1. The molecule has 0 radical (unpaired) electrons.